The predicted octanol–water partition coefficient (Wildman–Crippen LogP) is 2.75. The molecule has 0 aliphatic rings. The summed E-state index contributed by atoms with van der Waals surface area (Å²) in [6.45, 7) is 7.33. The Balaban J connectivity index is 0.000000245. The molecule has 0 aliphatic carbocycles. The monoisotopic (exact) mass is 207 g/mol. The van der Waals surface area contributed by atoms with Crippen LogP contribution in [0.3, 0.4) is 0 Å². The van der Waals surface area contributed by atoms with Gasteiger partial charge >= 0.3 is 23.1 Å². The van der Waals surface area contributed by atoms with Crippen LogP contribution in [0.2, 0.25) is 0 Å². The molecule has 2 aromatic rings. The van der Waals surface area contributed by atoms with Crippen molar-refractivity contribution < 1.29 is 0 Å². The van der Waals surface area contributed by atoms with Gasteiger partial charge in [-0.3, -0.25) is 4.98 Å². The van der Waals surface area contributed by atoms with Gasteiger partial charge in [-0.15, -0.1) is 23.9 Å². The van der Waals surface area contributed by atoms with Gasteiger partial charge < -0.3 is 0 Å². The maximum Gasteiger partial charge on any atom is 2.00 e. The molecule has 0 spiro atoms. The number of pyridine rings is 1. The summed E-state index contributed by atoms with van der Waals surface area (Å²) in [4.78, 5) is 3.87. The van der Waals surface area contributed by atoms with Gasteiger partial charge in [0.15, 0.2) is 0 Å². The molecule has 1 aromatic heterocycles. The van der Waals surface area contributed by atoms with E-state index in [1.165, 1.54) is 0 Å². The van der Waals surface area contributed by atoms with Crippen molar-refractivity contribution in [2.45, 2.75) is 0 Å². The fourth-order valence-corrected chi connectivity index (χ4v) is 0.876. The largest absolute Gasteiger partial charge is 2.00 e. The molecule has 0 saturated carbocycles. The maximum absolute atomic E-state index is 3.87. The van der Waals surface area contributed by atoms with Crippen molar-refractivity contribution in [1.82, 2.24) is 4.98 Å². The van der Waals surface area contributed by atoms with E-state index in [9.17, 15) is 0 Å². The normalized spacial score (nSPS) is 8.00. The quantitative estimate of drug-likeness (QED) is 0.478. The number of benzene rings is 1. The summed E-state index contributed by atoms with van der Waals surface area (Å²) in [6.07, 6.45) is 1.72. The fourth-order valence-electron chi connectivity index (χ4n) is 0.876. The standard InChI is InChI=1S/C7H7.C6H6N.Mg/c1-7-5-3-2-4-6-7;1-6-4-2-3-5-7-6;/h2-6H,1H2;2-5H,1H2;/q2*-1;+2. The van der Waals surface area contributed by atoms with E-state index in [0.29, 0.717) is 0 Å². The van der Waals surface area contributed by atoms with Gasteiger partial charge in [-0.2, -0.15) is 30.7 Å². The van der Waals surface area contributed by atoms with E-state index in [1.807, 2.05) is 48.5 Å². The molecule has 0 aliphatic heterocycles. The van der Waals surface area contributed by atoms with Crippen molar-refractivity contribution in [3.8, 4) is 0 Å². The zero-order chi connectivity index (χ0) is 10.2. The van der Waals surface area contributed by atoms with Gasteiger partial charge in [0.05, 0.1) is 0 Å². The van der Waals surface area contributed by atoms with E-state index in [0.717, 1.165) is 11.3 Å². The van der Waals surface area contributed by atoms with Gasteiger partial charge in [-0.05, 0) is 0 Å². The molecule has 2 rings (SSSR count). The summed E-state index contributed by atoms with van der Waals surface area (Å²) in [6, 6.07) is 15.5. The van der Waals surface area contributed by atoms with E-state index in [4.69, 9.17) is 0 Å². The molecule has 0 unspecified atom stereocenters. The van der Waals surface area contributed by atoms with Crippen LogP contribution in [0.4, 0.5) is 0 Å². The Morgan fingerprint density at radius 3 is 1.67 bits per heavy atom. The summed E-state index contributed by atoms with van der Waals surface area (Å²) >= 11 is 0. The fraction of sp³-hybridized carbons (Fsp3) is 0. The first-order valence-electron chi connectivity index (χ1n) is 4.39. The minimum atomic E-state index is 0. The number of aromatic nitrogens is 1. The summed E-state index contributed by atoms with van der Waals surface area (Å²) in [5.41, 5.74) is 1.89. The minimum absolute atomic E-state index is 0. The SMILES string of the molecule is [CH2-]c1ccccc1.[CH2-]c1ccccn1.[Mg+2]. The Hall–Kier alpha value is -1.12. The summed E-state index contributed by atoms with van der Waals surface area (Å²) in [5.74, 6) is 0. The van der Waals surface area contributed by atoms with Crippen LogP contribution in [0.15, 0.2) is 54.7 Å². The summed E-state index contributed by atoms with van der Waals surface area (Å²) < 4.78 is 0. The van der Waals surface area contributed by atoms with E-state index in [2.05, 4.69) is 18.8 Å². The van der Waals surface area contributed by atoms with Crippen LogP contribution in [-0.4, -0.2) is 28.0 Å². The first kappa shape index (κ1) is 13.9. The molecular weight excluding hydrogens is 194 g/mol. The second-order valence-electron chi connectivity index (χ2n) is 2.81. The molecule has 0 amide bonds. The van der Waals surface area contributed by atoms with Crippen LogP contribution in [0, 0.1) is 13.8 Å². The second-order valence-corrected chi connectivity index (χ2v) is 2.81. The first-order chi connectivity index (χ1) is 6.79. The third-order valence-electron chi connectivity index (χ3n) is 1.57. The first-order valence-corrected chi connectivity index (χ1v) is 4.39. The van der Waals surface area contributed by atoms with Crippen LogP contribution >= 0.6 is 0 Å². The van der Waals surface area contributed by atoms with Gasteiger partial charge in [0, 0.05) is 6.20 Å². The van der Waals surface area contributed by atoms with Crippen molar-refractivity contribution in [3.63, 3.8) is 0 Å². The van der Waals surface area contributed by atoms with E-state index >= 15 is 0 Å². The van der Waals surface area contributed by atoms with Gasteiger partial charge in [-0.25, -0.2) is 6.92 Å². The average molecular weight is 208 g/mol. The van der Waals surface area contributed by atoms with Crippen LogP contribution < -0.4 is 0 Å². The Morgan fingerprint density at radius 1 is 0.800 bits per heavy atom. The van der Waals surface area contributed by atoms with E-state index in [1.54, 1.807) is 6.20 Å². The molecule has 1 nitrogen and oxygen atoms in total. The molecular formula is C13H13MgN. The van der Waals surface area contributed by atoms with Crippen LogP contribution in [0.1, 0.15) is 11.3 Å². The van der Waals surface area contributed by atoms with Gasteiger partial charge in [-0.1, -0.05) is 12.1 Å². The molecule has 2 heteroatoms. The molecule has 1 heterocycles. The van der Waals surface area contributed by atoms with Crippen LogP contribution in [0.5, 0.6) is 0 Å². The zero-order valence-corrected chi connectivity index (χ0v) is 10.2. The third kappa shape index (κ3) is 6.88. The number of hydrogen-bond acceptors (Lipinski definition) is 1. The molecule has 0 saturated heterocycles. The molecule has 0 radical (unpaired) electrons. The van der Waals surface area contributed by atoms with Crippen molar-refractivity contribution in [2.24, 2.45) is 0 Å². The van der Waals surface area contributed by atoms with Gasteiger partial charge in [0.1, 0.15) is 0 Å². The molecule has 72 valence electrons. The smallest absolute Gasteiger partial charge is 0.296 e. The maximum atomic E-state index is 3.87. The molecule has 15 heavy (non-hydrogen) atoms. The van der Waals surface area contributed by atoms with Crippen molar-refractivity contribution in [1.29, 1.82) is 0 Å². The van der Waals surface area contributed by atoms with Crippen LogP contribution in [-0.2, 0) is 0 Å². The van der Waals surface area contributed by atoms with Gasteiger partial charge in [0.25, 0.3) is 0 Å². The van der Waals surface area contributed by atoms with Crippen molar-refractivity contribution in [3.05, 3.63) is 79.8 Å². The number of rotatable bonds is 0. The van der Waals surface area contributed by atoms with Gasteiger partial charge in [0.2, 0.25) is 0 Å². The molecule has 0 atom stereocenters. The van der Waals surface area contributed by atoms with Crippen molar-refractivity contribution in [2.75, 3.05) is 0 Å². The number of nitrogens with zero attached hydrogens (tertiary/aromatic N) is 1. The second kappa shape index (κ2) is 8.21. The zero-order valence-electron chi connectivity index (χ0n) is 8.76. The van der Waals surface area contributed by atoms with E-state index in [-0.39, 0.29) is 23.1 Å². The molecule has 0 bridgehead atoms. The van der Waals surface area contributed by atoms with Crippen LogP contribution in [0.25, 0.3) is 0 Å². The topological polar surface area (TPSA) is 12.9 Å². The Bertz CT molecular complexity index is 308. The Kier molecular flexibility index (Phi) is 7.59. The molecule has 0 N–H and O–H groups in total. The molecule has 1 aromatic carbocycles. The Morgan fingerprint density at radius 2 is 1.40 bits per heavy atom. The predicted molar refractivity (Wildman–Crippen MR) is 65.4 cm³/mol. The minimum Gasteiger partial charge on any atom is -0.296 e. The summed E-state index contributed by atoms with van der Waals surface area (Å²) in [7, 11) is 0. The molecule has 0 fully saturated rings. The average Bonchev–Trinajstić information content (AvgIpc) is 2.21. The van der Waals surface area contributed by atoms with E-state index < -0.39 is 0 Å². The van der Waals surface area contributed by atoms with Crippen molar-refractivity contribution >= 4 is 23.1 Å². The Labute approximate surface area is 108 Å². The number of hydrogen-bond donors (Lipinski definition) is 0. The third-order valence-corrected chi connectivity index (χ3v) is 1.57. The summed E-state index contributed by atoms with van der Waals surface area (Å²) in [5, 5.41) is 0.